The Hall–Kier alpha value is -0.0900. The molecule has 0 spiro atoms. The number of nitrogens with two attached hydrogens (primary N) is 1. The fourth-order valence-corrected chi connectivity index (χ4v) is 1.73. The third kappa shape index (κ3) is 2.45. The van der Waals surface area contributed by atoms with Crippen LogP contribution in [0.25, 0.3) is 0 Å². The molecule has 0 aliphatic rings. The molecule has 1 rings (SSSR count). The van der Waals surface area contributed by atoms with Gasteiger partial charge in [0.25, 0.3) is 0 Å². The van der Waals surface area contributed by atoms with E-state index in [4.69, 9.17) is 0 Å². The number of rotatable bonds is 3. The van der Waals surface area contributed by atoms with Crippen LogP contribution >= 0.6 is 22.6 Å². The number of aryl methyl sites for hydroxylation is 1. The van der Waals surface area contributed by atoms with Crippen molar-refractivity contribution in [3.05, 3.63) is 29.8 Å². The largest absolute Gasteiger partial charge is 0.316 e. The van der Waals surface area contributed by atoms with Gasteiger partial charge in [-0.3, -0.25) is 0 Å². The zero-order valence-electron chi connectivity index (χ0n) is 6.68. The summed E-state index contributed by atoms with van der Waals surface area (Å²) < 4.78 is 1.20. The van der Waals surface area contributed by atoms with Crippen molar-refractivity contribution in [3.8, 4) is 0 Å². The molecule has 0 aliphatic heterocycles. The van der Waals surface area contributed by atoms with Crippen LogP contribution in [-0.2, 0) is 6.42 Å². The maximum Gasteiger partial charge on any atom is 0.132 e. The molecule has 0 fully saturated rings. The molecule has 1 aromatic rings. The predicted molar refractivity (Wildman–Crippen MR) is 56.5 cm³/mol. The summed E-state index contributed by atoms with van der Waals surface area (Å²) in [6.45, 7) is 0. The van der Waals surface area contributed by atoms with Crippen molar-refractivity contribution in [2.75, 3.05) is 11.5 Å². The minimum Gasteiger partial charge on any atom is -0.316 e. The molecule has 0 unspecified atom stereocenters. The molecular formula is C9H13IN+. The van der Waals surface area contributed by atoms with Gasteiger partial charge < -0.3 is 5.32 Å². The molecule has 11 heavy (non-hydrogen) atoms. The van der Waals surface area contributed by atoms with Crippen LogP contribution in [0.1, 0.15) is 5.56 Å². The van der Waals surface area contributed by atoms with Crippen LogP contribution in [0.3, 0.4) is 0 Å². The van der Waals surface area contributed by atoms with Crippen molar-refractivity contribution in [2.24, 2.45) is 0 Å². The smallest absolute Gasteiger partial charge is 0.132 e. The summed E-state index contributed by atoms with van der Waals surface area (Å²) in [6.07, 6.45) is 1.18. The Bertz CT molecular complexity index is 223. The topological polar surface area (TPSA) is 16.6 Å². The maximum atomic E-state index is 2.41. The maximum absolute atomic E-state index is 2.41. The molecule has 0 radical (unpaired) electrons. The number of alkyl halides is 1. The van der Waals surface area contributed by atoms with Gasteiger partial charge in [0.15, 0.2) is 0 Å². The van der Waals surface area contributed by atoms with E-state index in [-0.39, 0.29) is 0 Å². The number of benzene rings is 1. The lowest BCUT2D eigenvalue weighted by molar-refractivity contribution is -0.540. The zero-order valence-corrected chi connectivity index (χ0v) is 8.84. The highest BCUT2D eigenvalue weighted by atomic mass is 127. The number of quaternary nitrogens is 1. The normalized spacial score (nSPS) is 10.0. The van der Waals surface area contributed by atoms with E-state index in [0.717, 1.165) is 0 Å². The first kappa shape index (κ1) is 9.00. The van der Waals surface area contributed by atoms with Crippen LogP contribution in [0.5, 0.6) is 0 Å². The second-order valence-electron chi connectivity index (χ2n) is 2.43. The van der Waals surface area contributed by atoms with Crippen LogP contribution in [0.2, 0.25) is 0 Å². The number of para-hydroxylation sites is 1. The van der Waals surface area contributed by atoms with Crippen LogP contribution in [0.15, 0.2) is 24.3 Å². The van der Waals surface area contributed by atoms with E-state index < -0.39 is 0 Å². The van der Waals surface area contributed by atoms with E-state index in [1.807, 2.05) is 0 Å². The van der Waals surface area contributed by atoms with Gasteiger partial charge in [0.2, 0.25) is 0 Å². The molecule has 0 aliphatic carbocycles. The number of hydrogen-bond acceptors (Lipinski definition) is 0. The Morgan fingerprint density at radius 3 is 2.73 bits per heavy atom. The summed E-state index contributed by atoms with van der Waals surface area (Å²) in [5.74, 6) is 0. The minimum atomic E-state index is 1.18. The third-order valence-electron chi connectivity index (χ3n) is 1.73. The molecule has 2 N–H and O–H groups in total. The van der Waals surface area contributed by atoms with Crippen molar-refractivity contribution in [1.82, 2.24) is 0 Å². The summed E-state index contributed by atoms with van der Waals surface area (Å²) in [4.78, 5) is 0. The number of halogens is 1. The van der Waals surface area contributed by atoms with Crippen molar-refractivity contribution < 1.29 is 5.32 Å². The monoisotopic (exact) mass is 262 g/mol. The highest BCUT2D eigenvalue weighted by Gasteiger charge is 2.00. The summed E-state index contributed by atoms with van der Waals surface area (Å²) in [5.41, 5.74) is 2.84. The van der Waals surface area contributed by atoms with Gasteiger partial charge in [-0.1, -0.05) is 40.8 Å². The van der Waals surface area contributed by atoms with E-state index in [1.165, 1.54) is 22.1 Å². The van der Waals surface area contributed by atoms with Crippen molar-refractivity contribution in [2.45, 2.75) is 6.42 Å². The Balaban J connectivity index is 2.83. The standard InChI is InChI=1S/C9H12IN/c1-11-9-5-3-2-4-8(9)6-7-10/h2-5,11H,6-7H2,1H3/p+1. The lowest BCUT2D eigenvalue weighted by atomic mass is 10.1. The molecular weight excluding hydrogens is 249 g/mol. The summed E-state index contributed by atoms with van der Waals surface area (Å²) in [6, 6.07) is 8.57. The van der Waals surface area contributed by atoms with E-state index in [9.17, 15) is 0 Å². The molecule has 0 bridgehead atoms. The summed E-state index contributed by atoms with van der Waals surface area (Å²) >= 11 is 2.41. The molecule has 60 valence electrons. The van der Waals surface area contributed by atoms with Gasteiger partial charge >= 0.3 is 0 Å². The van der Waals surface area contributed by atoms with Crippen LogP contribution in [-0.4, -0.2) is 11.5 Å². The molecule has 0 amide bonds. The van der Waals surface area contributed by atoms with E-state index in [1.54, 1.807) is 0 Å². The van der Waals surface area contributed by atoms with E-state index >= 15 is 0 Å². The summed E-state index contributed by atoms with van der Waals surface area (Å²) in [5, 5.41) is 2.17. The van der Waals surface area contributed by atoms with Gasteiger partial charge in [-0.2, -0.15) is 0 Å². The fourth-order valence-electron chi connectivity index (χ4n) is 1.15. The van der Waals surface area contributed by atoms with Gasteiger partial charge in [-0.15, -0.1) is 0 Å². The fraction of sp³-hybridized carbons (Fsp3) is 0.333. The Labute approximate surface area is 81.3 Å². The molecule has 0 saturated carbocycles. The van der Waals surface area contributed by atoms with E-state index in [2.05, 4.69) is 59.2 Å². The second-order valence-corrected chi connectivity index (χ2v) is 3.51. The molecule has 0 saturated heterocycles. The lowest BCUT2D eigenvalue weighted by Crippen LogP contribution is -2.73. The molecule has 2 heteroatoms. The minimum absolute atomic E-state index is 1.18. The highest BCUT2D eigenvalue weighted by Crippen LogP contribution is 2.10. The molecule has 0 heterocycles. The number of hydrogen-bond donors (Lipinski definition) is 1. The van der Waals surface area contributed by atoms with Crippen molar-refractivity contribution >= 4 is 28.3 Å². The quantitative estimate of drug-likeness (QED) is 0.483. The van der Waals surface area contributed by atoms with Crippen LogP contribution in [0.4, 0.5) is 5.69 Å². The van der Waals surface area contributed by atoms with Crippen LogP contribution in [0, 0.1) is 0 Å². The molecule has 1 nitrogen and oxygen atoms in total. The van der Waals surface area contributed by atoms with Crippen LogP contribution < -0.4 is 5.32 Å². The molecule has 1 aromatic carbocycles. The average Bonchev–Trinajstić information content (AvgIpc) is 2.06. The highest BCUT2D eigenvalue weighted by molar-refractivity contribution is 14.1. The molecule has 0 aromatic heterocycles. The summed E-state index contributed by atoms with van der Waals surface area (Å²) in [7, 11) is 2.09. The van der Waals surface area contributed by atoms with Gasteiger partial charge in [0, 0.05) is 9.99 Å². The third-order valence-corrected chi connectivity index (χ3v) is 2.27. The van der Waals surface area contributed by atoms with E-state index in [0.29, 0.717) is 0 Å². The SMILES string of the molecule is C[NH2+]c1ccccc1CCI. The van der Waals surface area contributed by atoms with Gasteiger partial charge in [-0.25, -0.2) is 0 Å². The zero-order chi connectivity index (χ0) is 8.10. The van der Waals surface area contributed by atoms with Crippen molar-refractivity contribution in [3.63, 3.8) is 0 Å². The second kappa shape index (κ2) is 4.72. The van der Waals surface area contributed by atoms with Gasteiger partial charge in [-0.05, 0) is 12.5 Å². The Morgan fingerprint density at radius 2 is 2.09 bits per heavy atom. The average molecular weight is 262 g/mol. The van der Waals surface area contributed by atoms with Gasteiger partial charge in [0.1, 0.15) is 5.69 Å². The van der Waals surface area contributed by atoms with Gasteiger partial charge in [0.05, 0.1) is 7.05 Å². The first-order valence-corrected chi connectivity index (χ1v) is 5.34. The Morgan fingerprint density at radius 1 is 1.36 bits per heavy atom. The first-order chi connectivity index (χ1) is 5.38. The molecule has 0 atom stereocenters. The first-order valence-electron chi connectivity index (χ1n) is 3.81. The predicted octanol–water partition coefficient (Wildman–Crippen LogP) is 1.49. The lowest BCUT2D eigenvalue weighted by Gasteiger charge is -2.01. The Kier molecular flexibility index (Phi) is 3.86. The van der Waals surface area contributed by atoms with Crippen molar-refractivity contribution in [1.29, 1.82) is 0 Å².